The molecule has 0 unspecified atom stereocenters. The van der Waals surface area contributed by atoms with Crippen LogP contribution in [0.15, 0.2) is 31.1 Å². The molecule has 124 valence electrons. The first-order valence-corrected chi connectivity index (χ1v) is 7.97. The molecule has 0 saturated carbocycles. The Bertz CT molecular complexity index is 730. The van der Waals surface area contributed by atoms with Crippen LogP contribution in [0.3, 0.4) is 0 Å². The van der Waals surface area contributed by atoms with E-state index < -0.39 is 5.82 Å². The van der Waals surface area contributed by atoms with Crippen LogP contribution < -0.4 is 9.80 Å². The van der Waals surface area contributed by atoms with E-state index in [-0.39, 0.29) is 11.3 Å². The van der Waals surface area contributed by atoms with E-state index in [1.807, 2.05) is 4.90 Å². The van der Waals surface area contributed by atoms with Crippen molar-refractivity contribution in [3.8, 4) is 0 Å². The summed E-state index contributed by atoms with van der Waals surface area (Å²) >= 11 is 0. The molecule has 2 aliphatic rings. The SMILES string of the molecule is O=C1N(c2cncnc2)CCC12CCN(c1ncc(F)cn1)CC2. The van der Waals surface area contributed by atoms with Gasteiger partial charge in [-0.25, -0.2) is 24.3 Å². The molecule has 0 aromatic carbocycles. The molecule has 2 fully saturated rings. The van der Waals surface area contributed by atoms with Crippen LogP contribution in [0.5, 0.6) is 0 Å². The molecule has 0 radical (unpaired) electrons. The van der Waals surface area contributed by atoms with E-state index in [1.54, 1.807) is 17.3 Å². The molecule has 1 spiro atoms. The van der Waals surface area contributed by atoms with Gasteiger partial charge in [0.1, 0.15) is 6.33 Å². The van der Waals surface area contributed by atoms with Crippen molar-refractivity contribution in [1.82, 2.24) is 19.9 Å². The van der Waals surface area contributed by atoms with Gasteiger partial charge in [-0.2, -0.15) is 0 Å². The van der Waals surface area contributed by atoms with E-state index >= 15 is 0 Å². The fraction of sp³-hybridized carbons (Fsp3) is 0.438. The Labute approximate surface area is 138 Å². The molecule has 2 aromatic rings. The number of aromatic nitrogens is 4. The van der Waals surface area contributed by atoms with Crippen molar-refractivity contribution in [2.75, 3.05) is 29.4 Å². The standard InChI is InChI=1S/C16H17FN6O/c17-12-7-20-15(21-8-12)22-4-1-16(2-5-22)3-6-23(14(16)24)13-9-18-11-19-10-13/h7-11H,1-6H2. The number of anilines is 2. The number of piperidine rings is 1. The summed E-state index contributed by atoms with van der Waals surface area (Å²) in [7, 11) is 0. The molecule has 2 aliphatic heterocycles. The highest BCUT2D eigenvalue weighted by Crippen LogP contribution is 2.43. The zero-order chi connectivity index (χ0) is 16.6. The highest BCUT2D eigenvalue weighted by molar-refractivity contribution is 5.99. The molecular formula is C16H17FN6O. The molecule has 2 saturated heterocycles. The van der Waals surface area contributed by atoms with Gasteiger partial charge in [0.15, 0.2) is 5.82 Å². The first-order valence-electron chi connectivity index (χ1n) is 7.97. The summed E-state index contributed by atoms with van der Waals surface area (Å²) in [6.45, 7) is 2.08. The van der Waals surface area contributed by atoms with E-state index in [4.69, 9.17) is 0 Å². The van der Waals surface area contributed by atoms with Crippen LogP contribution in [0.25, 0.3) is 0 Å². The van der Waals surface area contributed by atoms with Gasteiger partial charge in [-0.1, -0.05) is 0 Å². The van der Waals surface area contributed by atoms with Crippen molar-refractivity contribution in [2.45, 2.75) is 19.3 Å². The number of hydrogen-bond acceptors (Lipinski definition) is 6. The topological polar surface area (TPSA) is 75.1 Å². The quantitative estimate of drug-likeness (QED) is 0.830. The van der Waals surface area contributed by atoms with Gasteiger partial charge in [0.25, 0.3) is 0 Å². The second-order valence-corrected chi connectivity index (χ2v) is 6.27. The number of amides is 1. The fourth-order valence-electron chi connectivity index (χ4n) is 3.56. The molecule has 0 N–H and O–H groups in total. The largest absolute Gasteiger partial charge is 0.341 e. The zero-order valence-corrected chi connectivity index (χ0v) is 13.1. The Hall–Kier alpha value is -2.64. The van der Waals surface area contributed by atoms with Crippen molar-refractivity contribution in [1.29, 1.82) is 0 Å². The molecule has 24 heavy (non-hydrogen) atoms. The third-order valence-corrected chi connectivity index (χ3v) is 4.98. The Kier molecular flexibility index (Phi) is 3.59. The van der Waals surface area contributed by atoms with E-state index in [0.717, 1.165) is 24.9 Å². The van der Waals surface area contributed by atoms with Gasteiger partial charge >= 0.3 is 0 Å². The molecule has 8 heteroatoms. The first kappa shape index (κ1) is 14.9. The number of carbonyl (C=O) groups excluding carboxylic acids is 1. The zero-order valence-electron chi connectivity index (χ0n) is 13.1. The number of halogens is 1. The van der Waals surface area contributed by atoms with E-state index in [2.05, 4.69) is 19.9 Å². The minimum atomic E-state index is -0.445. The third kappa shape index (κ3) is 2.47. The van der Waals surface area contributed by atoms with E-state index in [1.165, 1.54) is 18.7 Å². The van der Waals surface area contributed by atoms with Crippen molar-refractivity contribution >= 4 is 17.5 Å². The maximum atomic E-state index is 12.9. The molecule has 0 atom stereocenters. The maximum Gasteiger partial charge on any atom is 0.233 e. The first-order chi connectivity index (χ1) is 11.7. The van der Waals surface area contributed by atoms with Crippen LogP contribution in [0, 0.1) is 11.2 Å². The minimum absolute atomic E-state index is 0.150. The fourth-order valence-corrected chi connectivity index (χ4v) is 3.56. The summed E-state index contributed by atoms with van der Waals surface area (Å²) in [5.74, 6) is 0.223. The molecule has 4 rings (SSSR count). The molecule has 1 amide bonds. The predicted molar refractivity (Wildman–Crippen MR) is 84.9 cm³/mol. The van der Waals surface area contributed by atoms with Gasteiger partial charge in [-0.3, -0.25) is 4.79 Å². The van der Waals surface area contributed by atoms with Crippen molar-refractivity contribution in [2.24, 2.45) is 5.41 Å². The molecule has 4 heterocycles. The molecular weight excluding hydrogens is 311 g/mol. The summed E-state index contributed by atoms with van der Waals surface area (Å²) in [5, 5.41) is 0. The normalized spacial score (nSPS) is 20.0. The lowest BCUT2D eigenvalue weighted by Gasteiger charge is -2.37. The number of nitrogens with zero attached hydrogens (tertiary/aromatic N) is 6. The second kappa shape index (κ2) is 5.77. The lowest BCUT2D eigenvalue weighted by atomic mass is 9.77. The van der Waals surface area contributed by atoms with E-state index in [0.29, 0.717) is 25.6 Å². The van der Waals surface area contributed by atoms with Gasteiger partial charge in [0.2, 0.25) is 11.9 Å². The van der Waals surface area contributed by atoms with Crippen LogP contribution in [-0.2, 0) is 4.79 Å². The van der Waals surface area contributed by atoms with Crippen LogP contribution in [-0.4, -0.2) is 45.5 Å². The highest BCUT2D eigenvalue weighted by Gasteiger charge is 2.48. The monoisotopic (exact) mass is 328 g/mol. The molecule has 0 aliphatic carbocycles. The smallest absolute Gasteiger partial charge is 0.233 e. The molecule has 7 nitrogen and oxygen atoms in total. The third-order valence-electron chi connectivity index (χ3n) is 4.98. The Morgan fingerprint density at radius 3 is 2.25 bits per heavy atom. The number of carbonyl (C=O) groups is 1. The maximum absolute atomic E-state index is 12.9. The summed E-state index contributed by atoms with van der Waals surface area (Å²) in [4.78, 5) is 32.8. The number of hydrogen-bond donors (Lipinski definition) is 0. The van der Waals surface area contributed by atoms with Crippen LogP contribution in [0.2, 0.25) is 0 Å². The predicted octanol–water partition coefficient (Wildman–Crippen LogP) is 1.43. The summed E-state index contributed by atoms with van der Waals surface area (Å²) in [5.41, 5.74) is 0.426. The summed E-state index contributed by atoms with van der Waals surface area (Å²) in [6, 6.07) is 0. The second-order valence-electron chi connectivity index (χ2n) is 6.27. The van der Waals surface area contributed by atoms with Crippen molar-refractivity contribution in [3.05, 3.63) is 36.9 Å². The highest BCUT2D eigenvalue weighted by atomic mass is 19.1. The average Bonchev–Trinajstić information content (AvgIpc) is 2.94. The Morgan fingerprint density at radius 2 is 1.58 bits per heavy atom. The summed E-state index contributed by atoms with van der Waals surface area (Å²) < 4.78 is 12.9. The van der Waals surface area contributed by atoms with Gasteiger partial charge in [0, 0.05) is 19.6 Å². The van der Waals surface area contributed by atoms with Gasteiger partial charge in [-0.15, -0.1) is 0 Å². The summed E-state index contributed by atoms with van der Waals surface area (Å²) in [6.07, 6.45) is 9.47. The van der Waals surface area contributed by atoms with Crippen LogP contribution in [0.1, 0.15) is 19.3 Å². The van der Waals surface area contributed by atoms with Crippen molar-refractivity contribution in [3.63, 3.8) is 0 Å². The van der Waals surface area contributed by atoms with Gasteiger partial charge < -0.3 is 9.80 Å². The van der Waals surface area contributed by atoms with Crippen molar-refractivity contribution < 1.29 is 9.18 Å². The Morgan fingerprint density at radius 1 is 0.958 bits per heavy atom. The van der Waals surface area contributed by atoms with Gasteiger partial charge in [0.05, 0.1) is 35.9 Å². The van der Waals surface area contributed by atoms with E-state index in [9.17, 15) is 9.18 Å². The molecule has 2 aromatic heterocycles. The number of rotatable bonds is 2. The van der Waals surface area contributed by atoms with Crippen LogP contribution >= 0.6 is 0 Å². The lowest BCUT2D eigenvalue weighted by Crippen LogP contribution is -2.45. The molecule has 0 bridgehead atoms. The van der Waals surface area contributed by atoms with Gasteiger partial charge in [-0.05, 0) is 19.3 Å². The van der Waals surface area contributed by atoms with Crippen LogP contribution in [0.4, 0.5) is 16.0 Å². The average molecular weight is 328 g/mol. The Balaban J connectivity index is 1.47. The minimum Gasteiger partial charge on any atom is -0.341 e. The lowest BCUT2D eigenvalue weighted by molar-refractivity contribution is -0.126.